The monoisotopic (exact) mass is 829 g/mol. The molecule has 4 N–H and O–H groups in total. The fourth-order valence-electron chi connectivity index (χ4n) is 8.06. The van der Waals surface area contributed by atoms with Crippen molar-refractivity contribution in [1.29, 1.82) is 0 Å². The van der Waals surface area contributed by atoms with Gasteiger partial charge in [0.15, 0.2) is 0 Å². The van der Waals surface area contributed by atoms with Gasteiger partial charge in [-0.15, -0.1) is 0 Å². The average molecular weight is 830 g/mol. The average Bonchev–Trinajstić information content (AvgIpc) is 3.52. The Hall–Kier alpha value is -4.47. The van der Waals surface area contributed by atoms with Crippen molar-refractivity contribution in [1.82, 2.24) is 19.9 Å². The number of aromatic nitrogens is 1. The maximum Gasteiger partial charge on any atom is 0.408 e. The minimum atomic E-state index is -3.70. The number of nitrogens with two attached hydrogens (primary N) is 1. The molecular formula is C42H60FN5O9S. The summed E-state index contributed by atoms with van der Waals surface area (Å²) in [5.41, 5.74) is 5.03. The fourth-order valence-corrected chi connectivity index (χ4v) is 9.36. The largest absolute Gasteiger partial charge is 0.481 e. The minimum Gasteiger partial charge on any atom is -0.481 e. The highest BCUT2D eigenvalue weighted by molar-refractivity contribution is 7.91. The van der Waals surface area contributed by atoms with Gasteiger partial charge in [0.2, 0.25) is 39.5 Å². The van der Waals surface area contributed by atoms with E-state index in [0.717, 1.165) is 19.3 Å². The number of halogens is 1. The van der Waals surface area contributed by atoms with Gasteiger partial charge < -0.3 is 30.2 Å². The molecule has 1 aliphatic heterocycles. The van der Waals surface area contributed by atoms with Crippen molar-refractivity contribution in [2.75, 3.05) is 13.7 Å². The highest BCUT2D eigenvalue weighted by Gasteiger charge is 2.51. The van der Waals surface area contributed by atoms with Gasteiger partial charge in [-0.2, -0.15) is 4.98 Å². The number of allylic oxidation sites excluding steroid dienone is 2. The molecule has 4 amide bonds. The van der Waals surface area contributed by atoms with Gasteiger partial charge in [-0.05, 0) is 114 Å². The molecular weight excluding hydrogens is 770 g/mol. The summed E-state index contributed by atoms with van der Waals surface area (Å²) in [7, 11) is -2.27. The van der Waals surface area contributed by atoms with Gasteiger partial charge in [0, 0.05) is 23.8 Å². The SMILES string of the molecule is CC[C@H](C[C@@H](C)CC/C=C\[C@@H]1CCCC1C(=O)NS(=O)(=O)C1(C)CC1)[C@H](NC(=O)OC(C)(C)C)C(=O)N1C[C@H](Oc2nc(OC)cc3cc(F)ccc23)C[C@H]1C(N)=O. The number of primary amides is 1. The van der Waals surface area contributed by atoms with Crippen LogP contribution in [0.1, 0.15) is 106 Å². The van der Waals surface area contributed by atoms with Crippen LogP contribution in [0, 0.1) is 29.5 Å². The molecule has 1 unspecified atom stereocenters. The van der Waals surface area contributed by atoms with Crippen LogP contribution in [-0.2, 0) is 29.1 Å². The molecule has 2 saturated carbocycles. The molecule has 2 aromatic rings. The number of nitrogens with zero attached hydrogens (tertiary/aromatic N) is 2. The van der Waals surface area contributed by atoms with Crippen molar-refractivity contribution in [3.8, 4) is 11.8 Å². The molecule has 58 heavy (non-hydrogen) atoms. The van der Waals surface area contributed by atoms with Gasteiger partial charge in [-0.25, -0.2) is 17.6 Å². The van der Waals surface area contributed by atoms with Crippen molar-refractivity contribution in [3.05, 3.63) is 42.2 Å². The number of methoxy groups -OCH3 is 1. The highest BCUT2D eigenvalue weighted by Crippen LogP contribution is 2.43. The number of nitrogens with one attached hydrogen (secondary N) is 2. The van der Waals surface area contributed by atoms with Crippen LogP contribution in [0.5, 0.6) is 11.8 Å². The maximum absolute atomic E-state index is 14.6. The Labute approximate surface area is 341 Å². The molecule has 3 aliphatic rings. The number of pyridine rings is 1. The predicted octanol–water partition coefficient (Wildman–Crippen LogP) is 5.91. The van der Waals surface area contributed by atoms with E-state index in [1.165, 1.54) is 30.2 Å². The number of hydrogen-bond acceptors (Lipinski definition) is 10. The maximum atomic E-state index is 14.6. The van der Waals surface area contributed by atoms with Crippen LogP contribution in [0.15, 0.2) is 36.4 Å². The number of ether oxygens (including phenoxy) is 3. The second kappa shape index (κ2) is 18.2. The molecule has 0 spiro atoms. The number of carbonyl (C=O) groups is 4. The number of benzene rings is 1. The van der Waals surface area contributed by atoms with Crippen molar-refractivity contribution in [2.24, 2.45) is 29.4 Å². The summed E-state index contributed by atoms with van der Waals surface area (Å²) in [6, 6.07) is 3.65. The number of sulfonamides is 1. The van der Waals surface area contributed by atoms with E-state index in [1.807, 2.05) is 19.1 Å². The second-order valence-electron chi connectivity index (χ2n) is 17.5. The topological polar surface area (TPSA) is 196 Å². The zero-order valence-corrected chi connectivity index (χ0v) is 35.5. The van der Waals surface area contributed by atoms with Crippen molar-refractivity contribution in [2.45, 2.75) is 134 Å². The number of amides is 4. The first kappa shape index (κ1) is 44.6. The normalized spacial score (nSPS) is 23.3. The van der Waals surface area contributed by atoms with Crippen LogP contribution < -0.4 is 25.2 Å². The Kier molecular flexibility index (Phi) is 14.0. The summed E-state index contributed by atoms with van der Waals surface area (Å²) in [5.74, 6) is -2.42. The van der Waals surface area contributed by atoms with Crippen molar-refractivity contribution >= 4 is 44.6 Å². The van der Waals surface area contributed by atoms with Crippen LogP contribution in [0.2, 0.25) is 0 Å². The molecule has 7 atom stereocenters. The second-order valence-corrected chi connectivity index (χ2v) is 19.7. The van der Waals surface area contributed by atoms with E-state index in [1.54, 1.807) is 33.8 Å². The van der Waals surface area contributed by atoms with E-state index in [2.05, 4.69) is 21.9 Å². The van der Waals surface area contributed by atoms with E-state index >= 15 is 0 Å². The third-order valence-corrected chi connectivity index (χ3v) is 13.9. The lowest BCUT2D eigenvalue weighted by atomic mass is 9.84. The van der Waals surface area contributed by atoms with Gasteiger partial charge >= 0.3 is 6.09 Å². The number of rotatable bonds is 17. The van der Waals surface area contributed by atoms with Crippen LogP contribution in [0.4, 0.5) is 9.18 Å². The first-order chi connectivity index (χ1) is 27.2. The van der Waals surface area contributed by atoms with E-state index in [9.17, 15) is 32.0 Å². The lowest BCUT2D eigenvalue weighted by Gasteiger charge is -2.33. The summed E-state index contributed by atoms with van der Waals surface area (Å²) in [4.78, 5) is 59.4. The van der Waals surface area contributed by atoms with E-state index in [4.69, 9.17) is 19.9 Å². The van der Waals surface area contributed by atoms with Crippen molar-refractivity contribution in [3.63, 3.8) is 0 Å². The number of carbonyl (C=O) groups excluding carboxylic acids is 4. The molecule has 1 aromatic carbocycles. The Bertz CT molecular complexity index is 1980. The molecule has 14 nitrogen and oxygen atoms in total. The molecule has 16 heteroatoms. The first-order valence-electron chi connectivity index (χ1n) is 20.4. The van der Waals surface area contributed by atoms with E-state index < -0.39 is 74.1 Å². The summed E-state index contributed by atoms with van der Waals surface area (Å²) in [6.07, 6.45) is 8.61. The molecule has 3 fully saturated rings. The predicted molar refractivity (Wildman–Crippen MR) is 217 cm³/mol. The summed E-state index contributed by atoms with van der Waals surface area (Å²) >= 11 is 0. The van der Waals surface area contributed by atoms with Gasteiger partial charge in [-0.1, -0.05) is 38.8 Å². The number of likely N-dealkylation sites (tertiary alicyclic amines) is 1. The van der Waals surface area contributed by atoms with Crippen LogP contribution >= 0.6 is 0 Å². The smallest absolute Gasteiger partial charge is 0.408 e. The highest BCUT2D eigenvalue weighted by atomic mass is 32.2. The molecule has 0 radical (unpaired) electrons. The summed E-state index contributed by atoms with van der Waals surface area (Å²) in [6.45, 7) is 10.8. The Balaban J connectivity index is 1.27. The summed E-state index contributed by atoms with van der Waals surface area (Å²) in [5, 5.41) is 3.84. The number of alkyl carbamates (subject to hydrolysis) is 1. The van der Waals surface area contributed by atoms with Gasteiger partial charge in [-0.3, -0.25) is 19.1 Å². The lowest BCUT2D eigenvalue weighted by Crippen LogP contribution is -2.56. The standard InChI is InChI=1S/C42H60FN5O9S/c1-8-26(20-25(2)12-9-10-13-27-14-11-15-31(27)37(50)47-58(53,54)42(6)18-19-42)35(46-40(52)57-41(3,4)5)39(51)48-24-30(23-33(48)36(44)49)56-38-32-17-16-29(43)21-28(32)22-34(45-38)55-7/h10,13,16-17,21-22,25-27,30-31,33,35H,8-9,11-12,14-15,18-20,23-24H2,1-7H3,(H2,44,49)(H,46,52)(H,47,50)/b13-10-/t25-,26+,27+,30+,31?,33-,35-/m0/s1. The van der Waals surface area contributed by atoms with Crippen molar-refractivity contribution < 1.29 is 46.2 Å². The molecule has 2 aliphatic carbocycles. The van der Waals surface area contributed by atoms with E-state index in [0.29, 0.717) is 49.3 Å². The molecule has 320 valence electrons. The summed E-state index contributed by atoms with van der Waals surface area (Å²) < 4.78 is 58.1. The van der Waals surface area contributed by atoms with Crippen LogP contribution in [0.25, 0.3) is 10.8 Å². The number of fused-ring (bicyclic) bond motifs is 1. The lowest BCUT2D eigenvalue weighted by molar-refractivity contribution is -0.140. The fraction of sp³-hybridized carbons (Fsp3) is 0.643. The molecule has 1 aromatic heterocycles. The quantitative estimate of drug-likeness (QED) is 0.161. The third kappa shape index (κ3) is 11.0. The first-order valence-corrected chi connectivity index (χ1v) is 21.9. The number of hydrogen-bond donors (Lipinski definition) is 3. The van der Waals surface area contributed by atoms with Crippen LogP contribution in [-0.4, -0.2) is 84.3 Å². The zero-order valence-electron chi connectivity index (χ0n) is 34.7. The molecule has 5 rings (SSSR count). The Morgan fingerprint density at radius 3 is 2.52 bits per heavy atom. The molecule has 0 bridgehead atoms. The minimum absolute atomic E-state index is 0.0251. The van der Waals surface area contributed by atoms with Crippen LogP contribution in [0.3, 0.4) is 0 Å². The zero-order chi connectivity index (χ0) is 42.6. The molecule has 1 saturated heterocycles. The Morgan fingerprint density at radius 2 is 1.88 bits per heavy atom. The van der Waals surface area contributed by atoms with Gasteiger partial charge in [0.25, 0.3) is 0 Å². The molecule has 2 heterocycles. The Morgan fingerprint density at radius 1 is 1.16 bits per heavy atom. The van der Waals surface area contributed by atoms with Gasteiger partial charge in [0.05, 0.1) is 18.4 Å². The third-order valence-electron chi connectivity index (χ3n) is 11.7. The van der Waals surface area contributed by atoms with Gasteiger partial charge in [0.1, 0.15) is 29.6 Å². The van der Waals surface area contributed by atoms with E-state index in [-0.39, 0.29) is 42.5 Å².